The summed E-state index contributed by atoms with van der Waals surface area (Å²) in [4.78, 5) is 27.5. The molecule has 2 heterocycles. The van der Waals surface area contributed by atoms with Crippen molar-refractivity contribution < 1.29 is 14.5 Å². The Morgan fingerprint density at radius 3 is 2.75 bits per heavy atom. The summed E-state index contributed by atoms with van der Waals surface area (Å²) >= 11 is 1.39. The smallest absolute Gasteiger partial charge is 0.269 e. The second kappa shape index (κ2) is 7.08. The maximum Gasteiger partial charge on any atom is 0.269 e. The molecular weight excluding hydrogens is 382 g/mol. The van der Waals surface area contributed by atoms with E-state index in [0.29, 0.717) is 4.96 Å². The van der Waals surface area contributed by atoms with Gasteiger partial charge in [0.05, 0.1) is 17.7 Å². The van der Waals surface area contributed by atoms with Crippen LogP contribution in [0.25, 0.3) is 16.2 Å². The number of nitrogens with zero attached hydrogens (tertiary/aromatic N) is 4. The number of amides is 1. The third-order valence-electron chi connectivity index (χ3n) is 4.01. The van der Waals surface area contributed by atoms with Crippen LogP contribution in [0.1, 0.15) is 10.4 Å². The van der Waals surface area contributed by atoms with Gasteiger partial charge in [0.1, 0.15) is 5.75 Å². The van der Waals surface area contributed by atoms with Crippen molar-refractivity contribution in [2.75, 3.05) is 12.4 Å². The normalized spacial score (nSPS) is 10.8. The number of nitro groups is 1. The monoisotopic (exact) mass is 395 g/mol. The van der Waals surface area contributed by atoms with Gasteiger partial charge in [-0.1, -0.05) is 12.1 Å². The van der Waals surface area contributed by atoms with Crippen LogP contribution in [0.5, 0.6) is 5.75 Å². The molecule has 1 amide bonds. The average molecular weight is 395 g/mol. The molecule has 0 atom stereocenters. The van der Waals surface area contributed by atoms with Gasteiger partial charge in [-0.15, -0.1) is 16.4 Å². The molecule has 10 heteroatoms. The fraction of sp³-hybridized carbons (Fsp3) is 0.0556. The van der Waals surface area contributed by atoms with Gasteiger partial charge in [-0.05, 0) is 24.3 Å². The number of hydrogen-bond donors (Lipinski definition) is 1. The van der Waals surface area contributed by atoms with E-state index in [0.717, 1.165) is 17.0 Å². The first-order chi connectivity index (χ1) is 13.5. The standard InChI is InChI=1S/C18H13N5O4S/c1-27-14-4-2-3-12(9-14)15-10-28-18-20-17(21-22(15)18)19-16(24)11-5-7-13(8-6-11)23(25)26/h2-10H,1H3,(H,19,21,24). The van der Waals surface area contributed by atoms with Gasteiger partial charge in [0, 0.05) is 28.6 Å². The Bertz CT molecular complexity index is 1180. The van der Waals surface area contributed by atoms with E-state index in [9.17, 15) is 14.9 Å². The van der Waals surface area contributed by atoms with Crippen LogP contribution >= 0.6 is 11.3 Å². The highest BCUT2D eigenvalue weighted by atomic mass is 32.1. The highest BCUT2D eigenvalue weighted by molar-refractivity contribution is 7.15. The van der Waals surface area contributed by atoms with Gasteiger partial charge >= 0.3 is 0 Å². The lowest BCUT2D eigenvalue weighted by atomic mass is 10.2. The second-order valence-electron chi connectivity index (χ2n) is 5.74. The molecule has 0 saturated heterocycles. The van der Waals surface area contributed by atoms with E-state index in [2.05, 4.69) is 15.4 Å². The van der Waals surface area contributed by atoms with E-state index >= 15 is 0 Å². The van der Waals surface area contributed by atoms with Crippen molar-refractivity contribution in [1.82, 2.24) is 14.6 Å². The first-order valence-corrected chi connectivity index (χ1v) is 8.97. The quantitative estimate of drug-likeness (QED) is 0.408. The highest BCUT2D eigenvalue weighted by Gasteiger charge is 2.15. The van der Waals surface area contributed by atoms with Gasteiger partial charge in [0.15, 0.2) is 0 Å². The number of nitro benzene ring substituents is 1. The highest BCUT2D eigenvalue weighted by Crippen LogP contribution is 2.28. The molecule has 4 rings (SSSR count). The molecule has 0 bridgehead atoms. The van der Waals surface area contributed by atoms with Crippen LogP contribution in [0.3, 0.4) is 0 Å². The lowest BCUT2D eigenvalue weighted by molar-refractivity contribution is -0.384. The van der Waals surface area contributed by atoms with Crippen LogP contribution in [-0.4, -0.2) is 32.5 Å². The molecule has 0 aliphatic carbocycles. The topological polar surface area (TPSA) is 112 Å². The van der Waals surface area contributed by atoms with E-state index in [4.69, 9.17) is 4.74 Å². The number of aromatic nitrogens is 3. The zero-order valence-electron chi connectivity index (χ0n) is 14.5. The third-order valence-corrected chi connectivity index (χ3v) is 4.83. The summed E-state index contributed by atoms with van der Waals surface area (Å²) in [6.45, 7) is 0. The van der Waals surface area contributed by atoms with Crippen molar-refractivity contribution in [3.8, 4) is 17.0 Å². The van der Waals surface area contributed by atoms with Crippen molar-refractivity contribution in [3.05, 3.63) is 69.6 Å². The SMILES string of the molecule is COc1cccc(-c2csc3nc(NC(=O)c4ccc([N+](=O)[O-])cc4)nn23)c1. The van der Waals surface area contributed by atoms with Crippen molar-refractivity contribution in [1.29, 1.82) is 0 Å². The number of benzene rings is 2. The number of carbonyl (C=O) groups excluding carboxylic acids is 1. The Labute approximate surface area is 162 Å². The van der Waals surface area contributed by atoms with Crippen molar-refractivity contribution >= 4 is 33.8 Å². The Balaban J connectivity index is 1.59. The number of anilines is 1. The van der Waals surface area contributed by atoms with Gasteiger partial charge in [-0.3, -0.25) is 20.2 Å². The maximum absolute atomic E-state index is 12.3. The lowest BCUT2D eigenvalue weighted by Crippen LogP contribution is -2.13. The molecule has 0 unspecified atom stereocenters. The molecule has 1 N–H and O–H groups in total. The van der Waals surface area contributed by atoms with Crippen LogP contribution in [0.4, 0.5) is 11.6 Å². The number of carbonyl (C=O) groups is 1. The molecule has 0 aliphatic rings. The summed E-state index contributed by atoms with van der Waals surface area (Å²) in [5.41, 5.74) is 1.92. The number of non-ortho nitro benzene ring substituents is 1. The zero-order valence-corrected chi connectivity index (χ0v) is 15.3. The maximum atomic E-state index is 12.3. The Morgan fingerprint density at radius 2 is 2.04 bits per heavy atom. The minimum Gasteiger partial charge on any atom is -0.497 e. The Kier molecular flexibility index (Phi) is 4.45. The number of rotatable bonds is 5. The minimum atomic E-state index is -0.521. The summed E-state index contributed by atoms with van der Waals surface area (Å²) in [7, 11) is 1.60. The van der Waals surface area contributed by atoms with Gasteiger partial charge in [-0.2, -0.15) is 4.98 Å². The van der Waals surface area contributed by atoms with E-state index in [-0.39, 0.29) is 17.2 Å². The first-order valence-electron chi connectivity index (χ1n) is 8.09. The Hall–Kier alpha value is -3.79. The predicted octanol–water partition coefficient (Wildman–Crippen LogP) is 3.63. The summed E-state index contributed by atoms with van der Waals surface area (Å²) in [6.07, 6.45) is 0. The third kappa shape index (κ3) is 3.28. The molecule has 0 aliphatic heterocycles. The van der Waals surface area contributed by atoms with Gasteiger partial charge in [0.25, 0.3) is 17.5 Å². The summed E-state index contributed by atoms with van der Waals surface area (Å²) in [5.74, 6) is 0.430. The van der Waals surface area contributed by atoms with Crippen LogP contribution < -0.4 is 10.1 Å². The number of fused-ring (bicyclic) bond motifs is 1. The summed E-state index contributed by atoms with van der Waals surface area (Å²) < 4.78 is 6.90. The molecule has 140 valence electrons. The molecule has 4 aromatic rings. The first kappa shape index (κ1) is 17.6. The molecule has 28 heavy (non-hydrogen) atoms. The van der Waals surface area contributed by atoms with Crippen molar-refractivity contribution in [3.63, 3.8) is 0 Å². The van der Waals surface area contributed by atoms with Crippen LogP contribution in [-0.2, 0) is 0 Å². The average Bonchev–Trinajstić information content (AvgIpc) is 3.28. The lowest BCUT2D eigenvalue weighted by Gasteiger charge is -2.03. The van der Waals surface area contributed by atoms with Gasteiger partial charge in [0.2, 0.25) is 4.96 Å². The van der Waals surface area contributed by atoms with E-state index in [1.54, 1.807) is 11.6 Å². The molecular formula is C18H13N5O4S. The Morgan fingerprint density at radius 1 is 1.25 bits per heavy atom. The molecule has 2 aromatic heterocycles. The van der Waals surface area contributed by atoms with E-state index in [1.807, 2.05) is 29.6 Å². The van der Waals surface area contributed by atoms with Crippen LogP contribution in [0.2, 0.25) is 0 Å². The summed E-state index contributed by atoms with van der Waals surface area (Å²) in [6, 6.07) is 12.9. The number of hydrogen-bond acceptors (Lipinski definition) is 7. The number of methoxy groups -OCH3 is 1. The second-order valence-corrected chi connectivity index (χ2v) is 6.58. The minimum absolute atomic E-state index is 0.0832. The van der Waals surface area contributed by atoms with E-state index in [1.165, 1.54) is 35.6 Å². The van der Waals surface area contributed by atoms with Crippen LogP contribution in [0, 0.1) is 10.1 Å². The number of ether oxygens (including phenoxy) is 1. The zero-order chi connectivity index (χ0) is 19.7. The largest absolute Gasteiger partial charge is 0.497 e. The van der Waals surface area contributed by atoms with E-state index < -0.39 is 10.8 Å². The fourth-order valence-corrected chi connectivity index (χ4v) is 3.45. The fourth-order valence-electron chi connectivity index (χ4n) is 2.62. The number of nitrogens with one attached hydrogen (secondary N) is 1. The molecule has 0 fully saturated rings. The van der Waals surface area contributed by atoms with Crippen LogP contribution in [0.15, 0.2) is 53.9 Å². The van der Waals surface area contributed by atoms with Gasteiger partial charge in [-0.25, -0.2) is 4.52 Å². The number of thiazole rings is 1. The van der Waals surface area contributed by atoms with Crippen molar-refractivity contribution in [2.24, 2.45) is 0 Å². The molecule has 0 spiro atoms. The molecule has 0 saturated carbocycles. The van der Waals surface area contributed by atoms with Crippen molar-refractivity contribution in [2.45, 2.75) is 0 Å². The molecule has 0 radical (unpaired) electrons. The molecule has 9 nitrogen and oxygen atoms in total. The van der Waals surface area contributed by atoms with Gasteiger partial charge < -0.3 is 4.74 Å². The predicted molar refractivity (Wildman–Crippen MR) is 104 cm³/mol. The molecule has 2 aromatic carbocycles. The summed E-state index contributed by atoms with van der Waals surface area (Å²) in [5, 5.41) is 19.6.